The molecule has 0 unspecified atom stereocenters. The fourth-order valence-corrected chi connectivity index (χ4v) is 4.88. The zero-order chi connectivity index (χ0) is 29.0. The molecule has 1 fully saturated rings. The fourth-order valence-electron chi connectivity index (χ4n) is 4.88. The first-order valence-electron chi connectivity index (χ1n) is 14.2. The van der Waals surface area contributed by atoms with Crippen molar-refractivity contribution in [2.45, 2.75) is 52.9 Å². The van der Waals surface area contributed by atoms with Crippen LogP contribution in [0.3, 0.4) is 0 Å². The van der Waals surface area contributed by atoms with Gasteiger partial charge in [-0.25, -0.2) is 9.97 Å². The van der Waals surface area contributed by atoms with Crippen LogP contribution >= 0.6 is 0 Å². The van der Waals surface area contributed by atoms with Gasteiger partial charge in [0.1, 0.15) is 24.0 Å². The third kappa shape index (κ3) is 7.10. The summed E-state index contributed by atoms with van der Waals surface area (Å²) >= 11 is 0. The van der Waals surface area contributed by atoms with Crippen molar-refractivity contribution in [3.8, 4) is 17.0 Å². The van der Waals surface area contributed by atoms with Crippen LogP contribution in [0.15, 0.2) is 54.7 Å². The highest BCUT2D eigenvalue weighted by Gasteiger charge is 2.16. The molecule has 41 heavy (non-hydrogen) atoms. The second-order valence-corrected chi connectivity index (χ2v) is 11.6. The van der Waals surface area contributed by atoms with Gasteiger partial charge < -0.3 is 21.1 Å². The van der Waals surface area contributed by atoms with Crippen molar-refractivity contribution in [2.24, 2.45) is 0 Å². The number of nitrogen functional groups attached to an aromatic ring is 1. The highest BCUT2D eigenvalue weighted by molar-refractivity contribution is 5.72. The molecule has 4 aromatic rings. The van der Waals surface area contributed by atoms with Crippen LogP contribution in [-0.4, -0.2) is 51.1 Å². The van der Waals surface area contributed by atoms with E-state index in [1.165, 1.54) is 31.5 Å². The Balaban J connectivity index is 1.31. The molecule has 5 rings (SSSR count). The van der Waals surface area contributed by atoms with Crippen LogP contribution in [0.2, 0.25) is 0 Å². The molecule has 9 heteroatoms. The molecule has 0 bridgehead atoms. The zero-order valence-electron chi connectivity index (χ0n) is 24.7. The van der Waals surface area contributed by atoms with E-state index >= 15 is 0 Å². The van der Waals surface area contributed by atoms with Crippen LogP contribution in [0.1, 0.15) is 50.3 Å². The summed E-state index contributed by atoms with van der Waals surface area (Å²) in [6.45, 7) is 14.5. The topological polar surface area (TPSA) is 114 Å². The summed E-state index contributed by atoms with van der Waals surface area (Å²) in [6, 6.07) is 16.3. The maximum atomic E-state index is 6.14. The molecule has 2 aromatic carbocycles. The molecule has 0 atom stereocenters. The number of benzene rings is 2. The number of nitrogens with two attached hydrogens (primary N) is 1. The Morgan fingerprint density at radius 1 is 0.927 bits per heavy atom. The van der Waals surface area contributed by atoms with Gasteiger partial charge in [0.2, 0.25) is 11.9 Å². The first-order valence-corrected chi connectivity index (χ1v) is 14.2. The molecule has 4 N–H and O–H groups in total. The van der Waals surface area contributed by atoms with Gasteiger partial charge in [-0.15, -0.1) is 0 Å². The van der Waals surface area contributed by atoms with Gasteiger partial charge in [0.25, 0.3) is 0 Å². The highest BCUT2D eigenvalue weighted by atomic mass is 16.5. The normalized spacial score (nSPS) is 13.8. The number of hydrogen-bond acceptors (Lipinski definition) is 9. The molecule has 1 aliphatic rings. The molecule has 0 saturated carbocycles. The molecule has 0 radical (unpaired) electrons. The van der Waals surface area contributed by atoms with Crippen LogP contribution in [0.5, 0.6) is 5.75 Å². The number of aromatic nitrogens is 4. The zero-order valence-corrected chi connectivity index (χ0v) is 24.7. The quantitative estimate of drug-likeness (QED) is 0.217. The van der Waals surface area contributed by atoms with E-state index in [-0.39, 0.29) is 11.4 Å². The van der Waals surface area contributed by atoms with Crippen LogP contribution in [0.25, 0.3) is 11.3 Å². The Hall–Kier alpha value is -4.24. The van der Waals surface area contributed by atoms with Gasteiger partial charge in [0.05, 0.1) is 5.69 Å². The molecule has 0 amide bonds. The third-order valence-electron chi connectivity index (χ3n) is 7.36. The third-order valence-corrected chi connectivity index (χ3v) is 7.36. The largest absolute Gasteiger partial charge is 0.492 e. The Morgan fingerprint density at radius 3 is 2.41 bits per heavy atom. The highest BCUT2D eigenvalue weighted by Crippen LogP contribution is 2.30. The fraction of sp³-hybridized carbons (Fsp3) is 0.375. The van der Waals surface area contributed by atoms with Gasteiger partial charge in [-0.2, -0.15) is 9.97 Å². The van der Waals surface area contributed by atoms with E-state index in [2.05, 4.69) is 69.5 Å². The molecule has 1 aliphatic heterocycles. The SMILES string of the molecule is Cc1cnc(Nc2nc(N)nc(-c3ccc(OCCN4CCCC4)cc3)c2C)nc1Nc1cccc(C(C)(C)C)c1. The predicted molar refractivity (Wildman–Crippen MR) is 166 cm³/mol. The van der Waals surface area contributed by atoms with Crippen molar-refractivity contribution in [3.05, 3.63) is 71.4 Å². The molecular weight excluding hydrogens is 512 g/mol. The number of hydrogen-bond donors (Lipinski definition) is 3. The lowest BCUT2D eigenvalue weighted by molar-refractivity contribution is 0.238. The lowest BCUT2D eigenvalue weighted by Gasteiger charge is -2.20. The Morgan fingerprint density at radius 2 is 1.68 bits per heavy atom. The number of nitrogens with zero attached hydrogens (tertiary/aromatic N) is 5. The summed E-state index contributed by atoms with van der Waals surface area (Å²) in [7, 11) is 0. The summed E-state index contributed by atoms with van der Waals surface area (Å²) in [6.07, 6.45) is 4.36. The number of ether oxygens (including phenoxy) is 1. The second-order valence-electron chi connectivity index (χ2n) is 11.6. The van der Waals surface area contributed by atoms with E-state index in [0.29, 0.717) is 24.2 Å². The number of likely N-dealkylation sites (tertiary alicyclic amines) is 1. The average molecular weight is 553 g/mol. The minimum atomic E-state index is 0.0496. The average Bonchev–Trinajstić information content (AvgIpc) is 3.46. The second kappa shape index (κ2) is 12.1. The lowest BCUT2D eigenvalue weighted by atomic mass is 9.87. The molecular formula is C32H40N8O. The van der Waals surface area contributed by atoms with E-state index in [0.717, 1.165) is 40.4 Å². The molecule has 3 heterocycles. The standard InChI is InChI=1S/C32H40N8O/c1-21-20-34-31(38-28(21)35-25-10-8-9-24(19-25)32(3,4)5)39-29-22(2)27(36-30(33)37-29)23-11-13-26(14-12-23)41-18-17-40-15-6-7-16-40/h8-14,19-20H,6-7,15-18H2,1-5H3,(H4,33,34,35,36,37,38,39). The first kappa shape index (κ1) is 28.3. The minimum Gasteiger partial charge on any atom is -0.492 e. The van der Waals surface area contributed by atoms with E-state index < -0.39 is 0 Å². The summed E-state index contributed by atoms with van der Waals surface area (Å²) in [5, 5.41) is 6.70. The Labute approximate surface area is 242 Å². The van der Waals surface area contributed by atoms with Crippen molar-refractivity contribution >= 4 is 29.2 Å². The van der Waals surface area contributed by atoms with Gasteiger partial charge >= 0.3 is 0 Å². The molecule has 0 spiro atoms. The number of nitrogens with one attached hydrogen (secondary N) is 2. The van der Waals surface area contributed by atoms with E-state index in [1.54, 1.807) is 6.20 Å². The molecule has 214 valence electrons. The van der Waals surface area contributed by atoms with Gasteiger partial charge in [-0.1, -0.05) is 32.9 Å². The Bertz CT molecular complexity index is 1490. The van der Waals surface area contributed by atoms with Crippen LogP contribution in [-0.2, 0) is 5.41 Å². The summed E-state index contributed by atoms with van der Waals surface area (Å²) in [4.78, 5) is 20.7. The first-order chi connectivity index (χ1) is 19.7. The predicted octanol–water partition coefficient (Wildman–Crippen LogP) is 6.39. The van der Waals surface area contributed by atoms with Crippen molar-refractivity contribution in [1.29, 1.82) is 0 Å². The monoisotopic (exact) mass is 552 g/mol. The molecule has 1 saturated heterocycles. The smallest absolute Gasteiger partial charge is 0.230 e. The van der Waals surface area contributed by atoms with E-state index in [9.17, 15) is 0 Å². The summed E-state index contributed by atoms with van der Waals surface area (Å²) in [5.74, 6) is 2.70. The van der Waals surface area contributed by atoms with Gasteiger partial charge in [-0.05, 0) is 87.2 Å². The van der Waals surface area contributed by atoms with Crippen molar-refractivity contribution in [1.82, 2.24) is 24.8 Å². The molecule has 0 aliphatic carbocycles. The number of anilines is 5. The van der Waals surface area contributed by atoms with Crippen LogP contribution in [0, 0.1) is 13.8 Å². The van der Waals surface area contributed by atoms with E-state index in [4.69, 9.17) is 15.5 Å². The van der Waals surface area contributed by atoms with Crippen molar-refractivity contribution in [3.63, 3.8) is 0 Å². The number of rotatable bonds is 9. The maximum Gasteiger partial charge on any atom is 0.230 e. The van der Waals surface area contributed by atoms with Crippen molar-refractivity contribution in [2.75, 3.05) is 42.6 Å². The Kier molecular flexibility index (Phi) is 8.35. The molecule has 9 nitrogen and oxygen atoms in total. The van der Waals surface area contributed by atoms with Crippen molar-refractivity contribution < 1.29 is 4.74 Å². The van der Waals surface area contributed by atoms with Crippen LogP contribution < -0.4 is 21.1 Å². The summed E-state index contributed by atoms with van der Waals surface area (Å²) in [5.41, 5.74) is 11.8. The van der Waals surface area contributed by atoms with Gasteiger partial charge in [-0.3, -0.25) is 4.90 Å². The van der Waals surface area contributed by atoms with Crippen LogP contribution in [0.4, 0.5) is 29.2 Å². The minimum absolute atomic E-state index is 0.0496. The summed E-state index contributed by atoms with van der Waals surface area (Å²) < 4.78 is 5.97. The molecule has 2 aromatic heterocycles. The van der Waals surface area contributed by atoms with Gasteiger partial charge in [0.15, 0.2) is 0 Å². The maximum absolute atomic E-state index is 6.14. The van der Waals surface area contributed by atoms with Gasteiger partial charge in [0, 0.05) is 35.1 Å². The van der Waals surface area contributed by atoms with E-state index in [1.807, 2.05) is 44.2 Å². The number of aryl methyl sites for hydroxylation is 1. The lowest BCUT2D eigenvalue weighted by Crippen LogP contribution is -2.25.